The predicted molar refractivity (Wildman–Crippen MR) is 136 cm³/mol. The second-order valence-corrected chi connectivity index (χ2v) is 7.10. The van der Waals surface area contributed by atoms with E-state index in [2.05, 4.69) is 0 Å². The fraction of sp³-hybridized carbons (Fsp3) is 0.269. The predicted octanol–water partition coefficient (Wildman–Crippen LogP) is 3.29. The molecule has 0 atom stereocenters. The van der Waals surface area contributed by atoms with Crippen LogP contribution in [0.15, 0.2) is 54.6 Å². The molecule has 0 aliphatic rings. The number of hydrogen-bond acceptors (Lipinski definition) is 8. The van der Waals surface area contributed by atoms with Crippen molar-refractivity contribution in [1.29, 1.82) is 0 Å². The molecule has 3 aromatic rings. The molecule has 0 saturated carbocycles. The van der Waals surface area contributed by atoms with Crippen molar-refractivity contribution in [3.63, 3.8) is 0 Å². The van der Waals surface area contributed by atoms with E-state index in [1.807, 2.05) is 0 Å². The summed E-state index contributed by atoms with van der Waals surface area (Å²) >= 11 is 0. The second kappa shape index (κ2) is 13.0. The summed E-state index contributed by atoms with van der Waals surface area (Å²) in [6.45, 7) is 0. The van der Waals surface area contributed by atoms with Gasteiger partial charge in [-0.3, -0.25) is 4.79 Å². The third-order valence-corrected chi connectivity index (χ3v) is 5.29. The van der Waals surface area contributed by atoms with Gasteiger partial charge in [-0.25, -0.2) is 0 Å². The molecule has 0 unspecified atom stereocenters. The van der Waals surface area contributed by atoms with E-state index in [0.29, 0.717) is 51.4 Å². The van der Waals surface area contributed by atoms with Gasteiger partial charge in [-0.15, -0.1) is 0 Å². The Kier molecular flexibility index (Phi) is 10.5. The Morgan fingerprint density at radius 1 is 0.543 bits per heavy atom. The minimum atomic E-state index is -0.798. The third kappa shape index (κ3) is 6.28. The van der Waals surface area contributed by atoms with Crippen molar-refractivity contribution in [2.45, 2.75) is 5.92 Å². The van der Waals surface area contributed by atoms with Crippen LogP contribution in [0.4, 0.5) is 0 Å². The van der Waals surface area contributed by atoms with E-state index in [1.165, 1.54) is 28.4 Å². The number of carbonyl (C=O) groups is 1. The molecule has 3 rings (SSSR count). The molecule has 35 heavy (non-hydrogen) atoms. The van der Waals surface area contributed by atoms with E-state index in [1.54, 1.807) is 68.8 Å². The third-order valence-electron chi connectivity index (χ3n) is 5.29. The Hall–Kier alpha value is -3.19. The van der Waals surface area contributed by atoms with Crippen molar-refractivity contribution in [2.24, 2.45) is 0 Å². The monoisotopic (exact) mass is 680 g/mol. The van der Waals surface area contributed by atoms with Gasteiger partial charge in [0.25, 0.3) is 0 Å². The Morgan fingerprint density at radius 2 is 0.914 bits per heavy atom. The van der Waals surface area contributed by atoms with E-state index >= 15 is 0 Å². The van der Waals surface area contributed by atoms with Crippen LogP contribution in [0.25, 0.3) is 0 Å². The fourth-order valence-corrected chi connectivity index (χ4v) is 3.58. The van der Waals surface area contributed by atoms with E-state index in [9.17, 15) is 4.79 Å². The second-order valence-electron chi connectivity index (χ2n) is 7.10. The van der Waals surface area contributed by atoms with Crippen LogP contribution in [0.3, 0.4) is 0 Å². The number of benzene rings is 3. The van der Waals surface area contributed by atoms with Crippen molar-refractivity contribution < 1.29 is 38.0 Å². The molecule has 0 aliphatic carbocycles. The summed E-state index contributed by atoms with van der Waals surface area (Å²) in [5.74, 6) is 2.05. The number of hydrogen-bond donors (Lipinski definition) is 0. The number of ether oxygens (including phenoxy) is 7. The van der Waals surface area contributed by atoms with E-state index in [0.717, 1.165) is 0 Å². The molecular weight excluding hydrogens is 649 g/mol. The van der Waals surface area contributed by atoms with E-state index in [-0.39, 0.29) is 26.2 Å². The molecule has 0 aliphatic heterocycles. The molecule has 0 amide bonds. The van der Waals surface area contributed by atoms with Gasteiger partial charge in [-0.05, 0) is 47.5 Å². The zero-order chi connectivity index (χ0) is 24.7. The average Bonchev–Trinajstić information content (AvgIpc) is 2.88. The summed E-state index contributed by atoms with van der Waals surface area (Å²) in [5, 5.41) is 0. The molecule has 0 spiro atoms. The quantitative estimate of drug-likeness (QED) is 0.184. The zero-order valence-corrected chi connectivity index (χ0v) is 26.2. The Bertz CT molecular complexity index is 1090. The summed E-state index contributed by atoms with van der Waals surface area (Å²) in [4.78, 5) is 13.5. The van der Waals surface area contributed by atoms with Crippen LogP contribution in [0.5, 0.6) is 40.2 Å². The molecule has 8 nitrogen and oxygen atoms in total. The van der Waals surface area contributed by atoms with Crippen molar-refractivity contribution in [1.82, 2.24) is 0 Å². The van der Waals surface area contributed by atoms with Gasteiger partial charge in [0, 0.05) is 6.07 Å². The summed E-state index contributed by atoms with van der Waals surface area (Å²) in [6.07, 6.45) is 0. The topological polar surface area (TPSA) is 81.7 Å². The molecule has 0 N–H and O–H groups in total. The van der Waals surface area contributed by atoms with Gasteiger partial charge in [0.15, 0.2) is 34.5 Å². The van der Waals surface area contributed by atoms with Crippen molar-refractivity contribution in [3.8, 4) is 40.2 Å². The molecular formula is C26H31BiO8. The molecule has 0 fully saturated rings. The maximum atomic E-state index is 13.5. The number of esters is 1. The average molecular weight is 681 g/mol. The van der Waals surface area contributed by atoms with Gasteiger partial charge in [0.05, 0.1) is 42.7 Å². The van der Waals surface area contributed by atoms with Crippen LogP contribution in [-0.4, -0.2) is 74.8 Å². The normalized spacial score (nSPS) is 10.1. The first kappa shape index (κ1) is 28.1. The Morgan fingerprint density at radius 3 is 1.31 bits per heavy atom. The first-order chi connectivity index (χ1) is 16.5. The van der Waals surface area contributed by atoms with Crippen molar-refractivity contribution >= 4 is 32.2 Å². The SMILES string of the molecule is COc1ccc(OC(=O)C(c2ccc(OC)c(OC)c2)c2ccc(OC)c(OC)c2)cc1OC.[BiH3]. The van der Waals surface area contributed by atoms with Gasteiger partial charge in [0.2, 0.25) is 0 Å². The molecule has 3 aromatic carbocycles. The van der Waals surface area contributed by atoms with Crippen LogP contribution >= 0.6 is 0 Å². The summed E-state index contributed by atoms with van der Waals surface area (Å²) in [6, 6.07) is 15.5. The summed E-state index contributed by atoms with van der Waals surface area (Å²) in [5.41, 5.74) is 1.30. The van der Waals surface area contributed by atoms with Crippen LogP contribution in [-0.2, 0) is 4.79 Å². The fourth-order valence-electron chi connectivity index (χ4n) is 3.58. The van der Waals surface area contributed by atoms with Gasteiger partial charge >= 0.3 is 32.2 Å². The molecule has 0 radical (unpaired) electrons. The molecule has 0 saturated heterocycles. The van der Waals surface area contributed by atoms with Crippen molar-refractivity contribution in [2.75, 3.05) is 42.7 Å². The van der Waals surface area contributed by atoms with Crippen LogP contribution in [0.1, 0.15) is 17.0 Å². The number of carbonyl (C=O) groups excluding carboxylic acids is 1. The van der Waals surface area contributed by atoms with E-state index < -0.39 is 11.9 Å². The van der Waals surface area contributed by atoms with Gasteiger partial charge in [0.1, 0.15) is 11.7 Å². The summed E-state index contributed by atoms with van der Waals surface area (Å²) in [7, 11) is 9.22. The molecule has 188 valence electrons. The zero-order valence-electron chi connectivity index (χ0n) is 20.7. The Balaban J connectivity index is 0.00000432. The first-order valence-electron chi connectivity index (χ1n) is 10.4. The van der Waals surface area contributed by atoms with Crippen molar-refractivity contribution in [3.05, 3.63) is 65.7 Å². The number of rotatable bonds is 10. The molecule has 0 aromatic heterocycles. The molecule has 0 heterocycles. The molecule has 9 heteroatoms. The standard InChI is InChI=1S/C26H28O8.Bi.3H/c1-28-19-10-7-16(13-22(19)31-4)25(17-8-11-20(29-2)23(14-17)32-5)26(27)34-18-9-12-21(30-3)24(15-18)33-6;;;;/h7-15,25H,1-6H3;;;;. The van der Waals surface area contributed by atoms with E-state index in [4.69, 9.17) is 33.2 Å². The molecule has 0 bridgehead atoms. The maximum absolute atomic E-state index is 13.5. The van der Waals surface area contributed by atoms with Crippen LogP contribution in [0, 0.1) is 0 Å². The van der Waals surface area contributed by atoms with Gasteiger partial charge in [-0.1, -0.05) is 12.1 Å². The van der Waals surface area contributed by atoms with Crippen LogP contribution < -0.4 is 33.2 Å². The minimum absolute atomic E-state index is 0. The number of methoxy groups -OCH3 is 6. The van der Waals surface area contributed by atoms with Crippen LogP contribution in [0.2, 0.25) is 0 Å². The Labute approximate surface area is 224 Å². The van der Waals surface area contributed by atoms with Gasteiger partial charge < -0.3 is 33.2 Å². The summed E-state index contributed by atoms with van der Waals surface area (Å²) < 4.78 is 37.9. The first-order valence-corrected chi connectivity index (χ1v) is 10.4. The van der Waals surface area contributed by atoms with Gasteiger partial charge in [-0.2, -0.15) is 0 Å².